The molecule has 12 saturated heterocycles. The van der Waals surface area contributed by atoms with Crippen LogP contribution in [-0.4, -0.2) is 610 Å². The molecule has 62 heteroatoms. The van der Waals surface area contributed by atoms with E-state index in [1.807, 2.05) is 0 Å². The number of ether oxygens (including phenoxy) is 23. The molecule has 0 aliphatic carbocycles. The normalized spacial score (nSPS) is 50.7. The van der Waals surface area contributed by atoms with Crippen molar-refractivity contribution in [3.8, 4) is 0 Å². The second-order valence-corrected chi connectivity index (χ2v) is 36.1. The fraction of sp³-hybridized carbons (Fsp3) is 0.949. The smallest absolute Gasteiger partial charge is 0.217 e. The Kier molecular flexibility index (Phi) is 41.0. The number of rotatable bonds is 35. The Morgan fingerprint density at radius 3 is 0.972 bits per heavy atom. The van der Waals surface area contributed by atoms with E-state index in [0.29, 0.717) is 0 Å². The third-order valence-electron chi connectivity index (χ3n) is 26.2. The molecule has 62 nitrogen and oxygen atoms in total. The standard InChI is InChI=1S/C79H132N4O58/c1-17-37(97)47(107)54(114)73(121-17)134-60-31(14-91)130-71(36(83-22(6)95)63(60)137-76-57(117)50(110)41(101)25(8-85)126-76)140-66-52(112)43(103)27(10-87)128-78(66)138-64-45(105)32(16-120-77-65(51(111)42(102)26(9-86)127-77)139-70-35(82-21(5)94)61(44(104)28(11-88)124-70)135-75-56(116)49(109)40(100)24(7-84)125-75)131-79(67(64)141-72-53(113)39(99)23(96)15-119-72)132-58-29(12-89)129-69(33(46(58)106)80-19(3)92)133-59-30(13-90)123-68(118)34(81-20(4)93)62(59)136-74-55(115)48(108)38(98)18(2)122-74/h17-18,23-79,84-91,96-118H,7-16H2,1-6H3,(H,80,92)(H,81,93)(H,82,94)(H,83,95)/t17-,18-,23+,24+,25+,26+,27+,28+,29+,30+,31+,32+,33+,34+,35+,36+,37+,38+,39-,40-,41-,42+,43+,44+,45+,46+,47+,48+,49-,50-,51-,52-,53+,54-,55-,56+,57+,58+,59+,60+,61+,62+,63+,64-,65-,66-,67-,68?,69-,70-,71-,72-,73-,74-,75-,76-,77-,78+,79-/m0/s1. The van der Waals surface area contributed by atoms with E-state index in [2.05, 4.69) is 21.3 Å². The Morgan fingerprint density at radius 1 is 0.227 bits per heavy atom. The number of aliphatic hydroxyl groups is 31. The SMILES string of the molecule is CC(=O)N[C@H]1[C@H](O[C@H]2[C@H](O[C@@H]3O[C@@H](C)[C@@H](O)[C@@H](O)[C@@H]3O)[C@@H](NC(C)=O)C(O)O[C@@H]2CO)O[C@H](CO)[C@@H](O[C@@H]2O[C@H](CO[C@H]3O[C@H](CO)[C@@H](O)[C@H](O)[C@@H]3O[C@@H]3O[C@H](CO)[C@@H](O)[C@H](O[C@@H]4O[C@H](CO)[C@H](O)[C@H](O)[C@H]4O)[C@H]3NC(C)=O)[C@@H](O)[C@H](O[C@H]3O[C@H](CO)[C@@H](O)[C@H](O)[C@@H]3O[C@@H]3O[C@H](CO)[C@@H](O[C@@H]4O[C@@H](C)[C@@H](O)[C@@H](O)[C@@H]4O)[C@H](O[C@@H]4O[C@H](CO)[C@H](O)[C@H](O)[C@H]4O)[C@H]3NC(C)=O)[C@@H]2O[C@@H]2OC[C@@H](O)[C@H](O)[C@H]2O)[C@@H]1O. The highest BCUT2D eigenvalue weighted by molar-refractivity contribution is 5.74. The predicted molar refractivity (Wildman–Crippen MR) is 433 cm³/mol. The molecule has 12 fully saturated rings. The molecule has 0 spiro atoms. The molecule has 4 amide bonds. The second-order valence-electron chi connectivity index (χ2n) is 36.1. The van der Waals surface area contributed by atoms with Crippen molar-refractivity contribution in [2.45, 2.75) is 404 Å². The fourth-order valence-corrected chi connectivity index (χ4v) is 18.5. The van der Waals surface area contributed by atoms with Gasteiger partial charge in [-0.05, 0) is 13.8 Å². The second kappa shape index (κ2) is 50.1. The zero-order chi connectivity index (χ0) is 104. The minimum Gasteiger partial charge on any atom is -0.394 e. The maximum absolute atomic E-state index is 13.8. The Balaban J connectivity index is 0.969. The number of carbonyl (C=O) groups is 4. The van der Waals surface area contributed by atoms with Crippen molar-refractivity contribution >= 4 is 23.6 Å². The molecule has 0 bridgehead atoms. The lowest BCUT2D eigenvalue weighted by Gasteiger charge is -2.53. The van der Waals surface area contributed by atoms with Gasteiger partial charge in [-0.3, -0.25) is 19.2 Å². The molecule has 1 unspecified atom stereocenters. The molecule has 0 aromatic carbocycles. The summed E-state index contributed by atoms with van der Waals surface area (Å²) in [6.07, 6.45) is -121. The minimum absolute atomic E-state index is 0.864. The van der Waals surface area contributed by atoms with Crippen molar-refractivity contribution in [3.05, 3.63) is 0 Å². The average molecular weight is 2070 g/mol. The molecule has 0 aromatic heterocycles. The van der Waals surface area contributed by atoms with Crippen molar-refractivity contribution in [1.82, 2.24) is 21.3 Å². The summed E-state index contributed by atoms with van der Waals surface area (Å²) in [5.74, 6) is -4.09. The number of hydrogen-bond acceptors (Lipinski definition) is 58. The van der Waals surface area contributed by atoms with Crippen LogP contribution in [0.2, 0.25) is 0 Å². The van der Waals surface area contributed by atoms with E-state index in [0.717, 1.165) is 27.7 Å². The molecular formula is C79H132N4O58. The van der Waals surface area contributed by atoms with Gasteiger partial charge < -0.3 is 289 Å². The van der Waals surface area contributed by atoms with Crippen molar-refractivity contribution < 1.29 is 286 Å². The van der Waals surface area contributed by atoms with Crippen molar-refractivity contribution in [1.29, 1.82) is 0 Å². The van der Waals surface area contributed by atoms with Gasteiger partial charge in [0.15, 0.2) is 75.5 Å². The van der Waals surface area contributed by atoms with Gasteiger partial charge >= 0.3 is 0 Å². The van der Waals surface area contributed by atoms with E-state index in [1.165, 1.54) is 13.8 Å². The first-order valence-electron chi connectivity index (χ1n) is 45.3. The summed E-state index contributed by atoms with van der Waals surface area (Å²) in [5.41, 5.74) is 0. The Morgan fingerprint density at radius 2 is 0.511 bits per heavy atom. The first-order chi connectivity index (χ1) is 66.7. The first-order valence-corrected chi connectivity index (χ1v) is 45.3. The predicted octanol–water partition coefficient (Wildman–Crippen LogP) is -23.9. The fourth-order valence-electron chi connectivity index (χ4n) is 18.5. The highest BCUT2D eigenvalue weighted by atomic mass is 16.8. The van der Waals surface area contributed by atoms with E-state index < -0.39 is 452 Å². The largest absolute Gasteiger partial charge is 0.394 e. The summed E-state index contributed by atoms with van der Waals surface area (Å²) in [5, 5.41) is 361. The number of aliphatic hydroxyl groups excluding tert-OH is 31. The molecule has 0 radical (unpaired) electrons. The molecule has 0 saturated carbocycles. The quantitative estimate of drug-likeness (QED) is 0.0280. The molecule has 12 aliphatic rings. The van der Waals surface area contributed by atoms with Gasteiger partial charge in [-0.15, -0.1) is 0 Å². The molecule has 12 aliphatic heterocycles. The van der Waals surface area contributed by atoms with Crippen molar-refractivity contribution in [3.63, 3.8) is 0 Å². The Labute approximate surface area is 798 Å². The molecule has 0 aromatic rings. The maximum Gasteiger partial charge on any atom is 0.217 e. The van der Waals surface area contributed by atoms with E-state index in [-0.39, 0.29) is 0 Å². The molecule has 12 rings (SSSR count). The van der Waals surface area contributed by atoms with E-state index in [9.17, 15) is 177 Å². The summed E-state index contributed by atoms with van der Waals surface area (Å²) < 4.78 is 141. The summed E-state index contributed by atoms with van der Waals surface area (Å²) in [7, 11) is 0. The zero-order valence-corrected chi connectivity index (χ0v) is 76.0. The van der Waals surface area contributed by atoms with Crippen LogP contribution in [-0.2, 0) is 128 Å². The Hall–Kier alpha value is -4.28. The lowest BCUT2D eigenvalue weighted by atomic mass is 9.93. The molecule has 12 heterocycles. The van der Waals surface area contributed by atoms with Gasteiger partial charge in [-0.1, -0.05) is 0 Å². The summed E-state index contributed by atoms with van der Waals surface area (Å²) in [6, 6.07) is -8.20. The van der Waals surface area contributed by atoms with Gasteiger partial charge in [-0.25, -0.2) is 0 Å². The topological polar surface area (TPSA) is 956 Å². The van der Waals surface area contributed by atoms with Crippen LogP contribution in [0.1, 0.15) is 41.5 Å². The third kappa shape index (κ3) is 25.3. The summed E-state index contributed by atoms with van der Waals surface area (Å²) in [4.78, 5) is 53.7. The number of carbonyl (C=O) groups excluding carboxylic acids is 4. The highest BCUT2D eigenvalue weighted by Gasteiger charge is 2.64. The van der Waals surface area contributed by atoms with Crippen LogP contribution in [0.15, 0.2) is 0 Å². The van der Waals surface area contributed by atoms with Gasteiger partial charge in [0.2, 0.25) is 23.6 Å². The summed E-state index contributed by atoms with van der Waals surface area (Å²) >= 11 is 0. The van der Waals surface area contributed by atoms with Gasteiger partial charge in [0.25, 0.3) is 0 Å². The minimum atomic E-state index is -2.72. The van der Waals surface area contributed by atoms with Crippen molar-refractivity contribution in [2.75, 3.05) is 66.1 Å². The molecular weight excluding hydrogens is 1930 g/mol. The molecule has 816 valence electrons. The molecule has 59 atom stereocenters. The Bertz CT molecular complexity index is 3900. The number of amides is 4. The van der Waals surface area contributed by atoms with Crippen LogP contribution in [0.4, 0.5) is 0 Å². The third-order valence-corrected chi connectivity index (χ3v) is 26.2. The zero-order valence-electron chi connectivity index (χ0n) is 76.0. The van der Waals surface area contributed by atoms with Gasteiger partial charge in [0.05, 0.1) is 78.3 Å². The van der Waals surface area contributed by atoms with Crippen LogP contribution in [0.25, 0.3) is 0 Å². The monoisotopic (exact) mass is 2060 g/mol. The molecule has 141 heavy (non-hydrogen) atoms. The lowest BCUT2D eigenvalue weighted by Crippen LogP contribution is -2.72. The van der Waals surface area contributed by atoms with Crippen LogP contribution in [0.3, 0.4) is 0 Å². The number of nitrogens with one attached hydrogen (secondary N) is 4. The molecule has 35 N–H and O–H groups in total. The van der Waals surface area contributed by atoms with Gasteiger partial charge in [0, 0.05) is 27.7 Å². The van der Waals surface area contributed by atoms with Gasteiger partial charge in [0.1, 0.15) is 274 Å². The van der Waals surface area contributed by atoms with Crippen LogP contribution in [0, 0.1) is 0 Å². The van der Waals surface area contributed by atoms with Gasteiger partial charge in [-0.2, -0.15) is 0 Å². The van der Waals surface area contributed by atoms with Crippen LogP contribution >= 0.6 is 0 Å². The average Bonchev–Trinajstić information content (AvgIpc) is 0.752. The van der Waals surface area contributed by atoms with E-state index >= 15 is 0 Å². The highest BCUT2D eigenvalue weighted by Crippen LogP contribution is 2.44. The summed E-state index contributed by atoms with van der Waals surface area (Å²) in [6.45, 7) is -6.01. The maximum atomic E-state index is 13.8. The van der Waals surface area contributed by atoms with E-state index in [1.54, 1.807) is 0 Å². The van der Waals surface area contributed by atoms with Crippen molar-refractivity contribution in [2.24, 2.45) is 0 Å². The number of hydrogen-bond donors (Lipinski definition) is 35. The van der Waals surface area contributed by atoms with Crippen LogP contribution < -0.4 is 21.3 Å². The van der Waals surface area contributed by atoms with Crippen LogP contribution in [0.5, 0.6) is 0 Å². The lowest BCUT2D eigenvalue weighted by molar-refractivity contribution is -0.415. The van der Waals surface area contributed by atoms with E-state index in [4.69, 9.17) is 109 Å². The first kappa shape index (κ1) is 115.